The van der Waals surface area contributed by atoms with Gasteiger partial charge in [-0.25, -0.2) is 4.57 Å². The third-order valence-electron chi connectivity index (χ3n) is 8.24. The Bertz CT molecular complexity index is 934. The van der Waals surface area contributed by atoms with E-state index in [0.717, 1.165) is 70.6 Å². The maximum atomic E-state index is 12.6. The summed E-state index contributed by atoms with van der Waals surface area (Å²) < 4.78 is 33.3. The fourth-order valence-corrected chi connectivity index (χ4v) is 5.90. The molecule has 10 heteroatoms. The number of aliphatic hydroxyl groups is 2. The van der Waals surface area contributed by atoms with E-state index < -0.39 is 39.2 Å². The molecule has 0 saturated heterocycles. The van der Waals surface area contributed by atoms with Crippen molar-refractivity contribution < 1.29 is 43.0 Å². The molecule has 0 aromatic carbocycles. The largest absolute Gasteiger partial charge is 0.472 e. The molecule has 298 valence electrons. The summed E-state index contributed by atoms with van der Waals surface area (Å²) in [5.74, 6) is -0.402. The normalized spacial score (nSPS) is 14.7. The summed E-state index contributed by atoms with van der Waals surface area (Å²) in [5, 5.41) is 18.3. The molecule has 0 heterocycles. The van der Waals surface area contributed by atoms with Crippen LogP contribution in [0.1, 0.15) is 162 Å². The van der Waals surface area contributed by atoms with Gasteiger partial charge in [-0.2, -0.15) is 0 Å². The molecular formula is C41H75O9P. The average Bonchev–Trinajstić information content (AvgIpc) is 3.12. The van der Waals surface area contributed by atoms with Gasteiger partial charge in [0.05, 0.1) is 26.4 Å². The highest BCUT2D eigenvalue weighted by Crippen LogP contribution is 2.43. The highest BCUT2D eigenvalue weighted by molar-refractivity contribution is 7.47. The lowest BCUT2D eigenvalue weighted by Gasteiger charge is -2.20. The van der Waals surface area contributed by atoms with Crippen molar-refractivity contribution in [3.8, 4) is 0 Å². The average molecular weight is 743 g/mol. The number of phosphoric acid groups is 1. The van der Waals surface area contributed by atoms with Gasteiger partial charge in [0.1, 0.15) is 12.2 Å². The molecule has 0 aromatic heterocycles. The molecule has 0 spiro atoms. The molecule has 3 atom stereocenters. The molecule has 0 rings (SSSR count). The summed E-state index contributed by atoms with van der Waals surface area (Å²) in [6, 6.07) is 0. The van der Waals surface area contributed by atoms with E-state index in [4.69, 9.17) is 23.6 Å². The molecule has 0 aromatic rings. The summed E-state index contributed by atoms with van der Waals surface area (Å²) in [6.45, 7) is 3.39. The third kappa shape index (κ3) is 38.0. The first-order valence-electron chi connectivity index (χ1n) is 20.1. The summed E-state index contributed by atoms with van der Waals surface area (Å²) in [4.78, 5) is 22.5. The Morgan fingerprint density at radius 2 is 1.08 bits per heavy atom. The minimum atomic E-state index is -4.52. The van der Waals surface area contributed by atoms with Gasteiger partial charge in [-0.05, 0) is 70.6 Å². The van der Waals surface area contributed by atoms with Crippen LogP contribution in [0, 0.1) is 0 Å². The maximum Gasteiger partial charge on any atom is 0.472 e. The lowest BCUT2D eigenvalue weighted by molar-refractivity contribution is -0.154. The number of allylic oxidation sites excluding steroid dienone is 8. The van der Waals surface area contributed by atoms with E-state index in [1.54, 1.807) is 0 Å². The van der Waals surface area contributed by atoms with E-state index in [1.807, 2.05) is 0 Å². The number of rotatable bonds is 38. The van der Waals surface area contributed by atoms with Gasteiger partial charge in [0, 0.05) is 13.0 Å². The maximum absolute atomic E-state index is 12.6. The Balaban J connectivity index is 4.27. The van der Waals surface area contributed by atoms with Gasteiger partial charge in [-0.3, -0.25) is 13.8 Å². The van der Waals surface area contributed by atoms with Crippen molar-refractivity contribution in [3.05, 3.63) is 48.6 Å². The predicted octanol–water partition coefficient (Wildman–Crippen LogP) is 10.6. The molecule has 0 aliphatic heterocycles. The van der Waals surface area contributed by atoms with Crippen molar-refractivity contribution in [3.63, 3.8) is 0 Å². The third-order valence-corrected chi connectivity index (χ3v) is 9.19. The zero-order chi connectivity index (χ0) is 37.5. The van der Waals surface area contributed by atoms with Gasteiger partial charge in [0.2, 0.25) is 0 Å². The molecule has 0 saturated carbocycles. The lowest BCUT2D eigenvalue weighted by Crippen LogP contribution is -2.29. The van der Waals surface area contributed by atoms with Crippen molar-refractivity contribution in [2.75, 3.05) is 33.0 Å². The molecule has 0 aliphatic carbocycles. The Hall–Kier alpha value is -1.58. The van der Waals surface area contributed by atoms with Crippen LogP contribution in [0.15, 0.2) is 48.6 Å². The van der Waals surface area contributed by atoms with Crippen molar-refractivity contribution in [2.24, 2.45) is 0 Å². The lowest BCUT2D eigenvalue weighted by atomic mass is 10.1. The van der Waals surface area contributed by atoms with Gasteiger partial charge >= 0.3 is 13.8 Å². The highest BCUT2D eigenvalue weighted by Gasteiger charge is 2.26. The van der Waals surface area contributed by atoms with Gasteiger partial charge in [0.25, 0.3) is 0 Å². The molecule has 0 fully saturated rings. The Labute approximate surface area is 311 Å². The predicted molar refractivity (Wildman–Crippen MR) is 210 cm³/mol. The first-order valence-corrected chi connectivity index (χ1v) is 21.6. The molecule has 3 unspecified atom stereocenters. The minimum Gasteiger partial charge on any atom is -0.457 e. The fourth-order valence-electron chi connectivity index (χ4n) is 5.11. The molecule has 0 radical (unpaired) electrons. The topological polar surface area (TPSA) is 132 Å². The summed E-state index contributed by atoms with van der Waals surface area (Å²) in [6.07, 6.45) is 40.6. The standard InChI is InChI=1S/C41H75O9P/c1-3-5-7-9-11-13-15-17-19-21-23-25-27-29-31-33-41(44)50-40(38-49-51(45,46)48-36-39(43)35-42)37-47-34-32-30-28-26-24-22-20-18-16-14-12-10-8-6-4-2/h10-13,16-19,39-40,42-43H,3-9,14-15,20-38H2,1-2H3,(H,45,46)/b12-10-,13-11-,18-16-,19-17-. The molecule has 0 bridgehead atoms. The van der Waals surface area contributed by atoms with Crippen LogP contribution >= 0.6 is 7.82 Å². The number of carbonyl (C=O) groups excluding carboxylic acids is 1. The molecule has 9 nitrogen and oxygen atoms in total. The minimum absolute atomic E-state index is 0.0350. The van der Waals surface area contributed by atoms with Crippen LogP contribution in [0.2, 0.25) is 0 Å². The van der Waals surface area contributed by atoms with Crippen LogP contribution in [-0.4, -0.2) is 66.3 Å². The zero-order valence-corrected chi connectivity index (χ0v) is 33.2. The number of carbonyl (C=O) groups is 1. The van der Waals surface area contributed by atoms with Gasteiger partial charge < -0.3 is 24.6 Å². The second kappa shape index (κ2) is 38.2. The molecule has 0 amide bonds. The van der Waals surface area contributed by atoms with Crippen LogP contribution in [0.25, 0.3) is 0 Å². The van der Waals surface area contributed by atoms with E-state index >= 15 is 0 Å². The molecule has 51 heavy (non-hydrogen) atoms. The number of aliphatic hydroxyl groups excluding tert-OH is 2. The van der Waals surface area contributed by atoms with E-state index in [-0.39, 0.29) is 19.6 Å². The van der Waals surface area contributed by atoms with Crippen molar-refractivity contribution in [1.82, 2.24) is 0 Å². The van der Waals surface area contributed by atoms with E-state index in [0.29, 0.717) is 13.0 Å². The van der Waals surface area contributed by atoms with Crippen LogP contribution < -0.4 is 0 Å². The first kappa shape index (κ1) is 49.4. The SMILES string of the molecule is CCCC/C=C\C/C=C\CCCCCCCCOCC(COP(=O)(O)OCC(O)CO)OC(=O)CCCCCCC/C=C\C/C=C\CCCCC. The van der Waals surface area contributed by atoms with Crippen LogP contribution in [-0.2, 0) is 27.9 Å². The second-order valence-electron chi connectivity index (χ2n) is 13.3. The second-order valence-corrected chi connectivity index (χ2v) is 14.7. The summed E-state index contributed by atoms with van der Waals surface area (Å²) in [7, 11) is -4.52. The van der Waals surface area contributed by atoms with Gasteiger partial charge in [-0.15, -0.1) is 0 Å². The number of unbranched alkanes of at least 4 members (excludes halogenated alkanes) is 16. The van der Waals surface area contributed by atoms with Gasteiger partial charge in [-0.1, -0.05) is 133 Å². The fraction of sp³-hybridized carbons (Fsp3) is 0.780. The summed E-state index contributed by atoms with van der Waals surface area (Å²) >= 11 is 0. The van der Waals surface area contributed by atoms with Crippen LogP contribution in [0.3, 0.4) is 0 Å². The zero-order valence-electron chi connectivity index (χ0n) is 32.3. The molecular weight excluding hydrogens is 667 g/mol. The van der Waals surface area contributed by atoms with Crippen molar-refractivity contribution in [2.45, 2.75) is 174 Å². The molecule has 0 aliphatic rings. The highest BCUT2D eigenvalue weighted by atomic mass is 31.2. The smallest absolute Gasteiger partial charge is 0.457 e. The Kier molecular flexibility index (Phi) is 37.0. The van der Waals surface area contributed by atoms with Crippen molar-refractivity contribution in [1.29, 1.82) is 0 Å². The van der Waals surface area contributed by atoms with Crippen molar-refractivity contribution >= 4 is 13.8 Å². The number of ether oxygens (including phenoxy) is 2. The van der Waals surface area contributed by atoms with Gasteiger partial charge in [0.15, 0.2) is 0 Å². The number of hydrogen-bond donors (Lipinski definition) is 3. The first-order chi connectivity index (χ1) is 24.8. The van der Waals surface area contributed by atoms with E-state index in [1.165, 1.54) is 64.2 Å². The van der Waals surface area contributed by atoms with Crippen LogP contribution in [0.5, 0.6) is 0 Å². The Morgan fingerprint density at radius 3 is 1.63 bits per heavy atom. The summed E-state index contributed by atoms with van der Waals surface area (Å²) in [5.41, 5.74) is 0. The number of hydrogen-bond acceptors (Lipinski definition) is 8. The number of esters is 1. The number of phosphoric ester groups is 1. The molecule has 3 N–H and O–H groups in total. The van der Waals surface area contributed by atoms with Crippen LogP contribution in [0.4, 0.5) is 0 Å². The monoisotopic (exact) mass is 743 g/mol. The van der Waals surface area contributed by atoms with E-state index in [9.17, 15) is 19.4 Å². The Morgan fingerprint density at radius 1 is 0.608 bits per heavy atom. The quantitative estimate of drug-likeness (QED) is 0.0245. The van der Waals surface area contributed by atoms with E-state index in [2.05, 4.69) is 62.5 Å².